The summed E-state index contributed by atoms with van der Waals surface area (Å²) in [6, 6.07) is 0. The molecular formula is C6H12O4. The lowest BCUT2D eigenvalue weighted by Gasteiger charge is -2.30. The van der Waals surface area contributed by atoms with Gasteiger partial charge in [0.05, 0.1) is 12.7 Å². The number of ether oxygens (including phenoxy) is 2. The molecule has 0 spiro atoms. The van der Waals surface area contributed by atoms with Gasteiger partial charge in [0.15, 0.2) is 6.29 Å². The highest BCUT2D eigenvalue weighted by molar-refractivity contribution is 4.74. The molecule has 1 heterocycles. The van der Waals surface area contributed by atoms with Crippen molar-refractivity contribution in [3.8, 4) is 0 Å². The minimum atomic E-state index is -0.904. The molecule has 0 unspecified atom stereocenters. The molecule has 1 fully saturated rings. The van der Waals surface area contributed by atoms with E-state index in [2.05, 4.69) is 0 Å². The van der Waals surface area contributed by atoms with Crippen LogP contribution in [-0.2, 0) is 9.47 Å². The normalized spacial score (nSPS) is 41.7. The van der Waals surface area contributed by atoms with Gasteiger partial charge >= 0.3 is 0 Å². The van der Waals surface area contributed by atoms with E-state index in [0.29, 0.717) is 13.0 Å². The lowest BCUT2D eigenvalue weighted by Crippen LogP contribution is -2.45. The molecule has 0 aromatic heterocycles. The molecule has 1 aliphatic heterocycles. The Bertz CT molecular complexity index is 106. The van der Waals surface area contributed by atoms with E-state index in [9.17, 15) is 0 Å². The van der Waals surface area contributed by atoms with Crippen molar-refractivity contribution in [3.63, 3.8) is 0 Å². The molecule has 10 heavy (non-hydrogen) atoms. The van der Waals surface area contributed by atoms with Crippen molar-refractivity contribution in [1.29, 1.82) is 0 Å². The zero-order chi connectivity index (χ0) is 7.56. The van der Waals surface area contributed by atoms with E-state index in [1.165, 1.54) is 7.11 Å². The van der Waals surface area contributed by atoms with Crippen molar-refractivity contribution in [2.75, 3.05) is 13.7 Å². The second kappa shape index (κ2) is 3.30. The number of hydrogen-bond donors (Lipinski definition) is 2. The van der Waals surface area contributed by atoms with E-state index in [1.807, 2.05) is 0 Å². The van der Waals surface area contributed by atoms with Gasteiger partial charge in [0, 0.05) is 7.11 Å². The second-order valence-electron chi connectivity index (χ2n) is 2.32. The molecule has 0 saturated carbocycles. The van der Waals surface area contributed by atoms with Crippen LogP contribution in [0.25, 0.3) is 0 Å². The molecule has 1 saturated heterocycles. The Morgan fingerprint density at radius 3 is 2.70 bits per heavy atom. The number of hydrogen-bond acceptors (Lipinski definition) is 4. The minimum absolute atomic E-state index is 0.441. The van der Waals surface area contributed by atoms with E-state index in [4.69, 9.17) is 19.7 Å². The Balaban J connectivity index is 2.42. The van der Waals surface area contributed by atoms with Gasteiger partial charge in [0.1, 0.15) is 6.10 Å². The maximum absolute atomic E-state index is 9.14. The molecule has 0 aromatic carbocycles. The summed E-state index contributed by atoms with van der Waals surface area (Å²) < 4.78 is 9.72. The van der Waals surface area contributed by atoms with Gasteiger partial charge in [-0.1, -0.05) is 0 Å². The SMILES string of the molecule is CO[C@H]1OCC[C@@H](O)[C@H]1O. The first-order valence-corrected chi connectivity index (χ1v) is 3.26. The lowest BCUT2D eigenvalue weighted by atomic mass is 10.1. The van der Waals surface area contributed by atoms with Gasteiger partial charge in [0.2, 0.25) is 0 Å². The molecule has 4 heteroatoms. The Labute approximate surface area is 59.4 Å². The van der Waals surface area contributed by atoms with Crippen LogP contribution >= 0.6 is 0 Å². The van der Waals surface area contributed by atoms with Crippen LogP contribution in [0.3, 0.4) is 0 Å². The summed E-state index contributed by atoms with van der Waals surface area (Å²) in [6.45, 7) is 0.441. The van der Waals surface area contributed by atoms with Crippen molar-refractivity contribution in [3.05, 3.63) is 0 Å². The summed E-state index contributed by atoms with van der Waals surface area (Å²) >= 11 is 0. The molecule has 0 aliphatic carbocycles. The van der Waals surface area contributed by atoms with Crippen LogP contribution < -0.4 is 0 Å². The Morgan fingerprint density at radius 2 is 2.20 bits per heavy atom. The van der Waals surface area contributed by atoms with Crippen molar-refractivity contribution in [2.45, 2.75) is 24.9 Å². The Hall–Kier alpha value is -0.160. The summed E-state index contributed by atoms with van der Waals surface area (Å²) in [4.78, 5) is 0. The molecule has 2 N–H and O–H groups in total. The zero-order valence-corrected chi connectivity index (χ0v) is 5.86. The van der Waals surface area contributed by atoms with E-state index < -0.39 is 18.5 Å². The average Bonchev–Trinajstić information content (AvgIpc) is 1.95. The standard InChI is InChI=1S/C6H12O4/c1-9-6-5(8)4(7)2-3-10-6/h4-8H,2-3H2,1H3/t4-,5-,6+/m1/s1. The molecule has 4 nitrogen and oxygen atoms in total. The van der Waals surface area contributed by atoms with Crippen LogP contribution in [0.2, 0.25) is 0 Å². The highest BCUT2D eigenvalue weighted by Gasteiger charge is 2.30. The molecule has 0 aromatic rings. The summed E-state index contributed by atoms with van der Waals surface area (Å²) in [7, 11) is 1.44. The molecule has 3 atom stereocenters. The summed E-state index contributed by atoms with van der Waals surface area (Å²) in [5.41, 5.74) is 0. The highest BCUT2D eigenvalue weighted by atomic mass is 16.7. The third-order valence-corrected chi connectivity index (χ3v) is 1.60. The van der Waals surface area contributed by atoms with Crippen molar-refractivity contribution in [2.24, 2.45) is 0 Å². The van der Waals surface area contributed by atoms with Gasteiger partial charge < -0.3 is 19.7 Å². The van der Waals surface area contributed by atoms with E-state index in [0.717, 1.165) is 0 Å². The molecule has 1 rings (SSSR count). The van der Waals surface area contributed by atoms with Crippen LogP contribution in [0.4, 0.5) is 0 Å². The molecule has 0 radical (unpaired) electrons. The molecule has 0 bridgehead atoms. The van der Waals surface area contributed by atoms with Crippen molar-refractivity contribution < 1.29 is 19.7 Å². The van der Waals surface area contributed by atoms with E-state index in [1.54, 1.807) is 0 Å². The second-order valence-corrected chi connectivity index (χ2v) is 2.32. The number of rotatable bonds is 1. The van der Waals surface area contributed by atoms with Crippen molar-refractivity contribution in [1.82, 2.24) is 0 Å². The first kappa shape index (κ1) is 7.94. The third kappa shape index (κ3) is 1.46. The van der Waals surface area contributed by atoms with Crippen LogP contribution in [0, 0.1) is 0 Å². The van der Waals surface area contributed by atoms with E-state index >= 15 is 0 Å². The van der Waals surface area contributed by atoms with Gasteiger partial charge in [-0.25, -0.2) is 0 Å². The van der Waals surface area contributed by atoms with E-state index in [-0.39, 0.29) is 0 Å². The summed E-state index contributed by atoms with van der Waals surface area (Å²) in [5, 5.41) is 18.2. The number of aliphatic hydroxyl groups is 2. The van der Waals surface area contributed by atoms with Gasteiger partial charge in [-0.15, -0.1) is 0 Å². The first-order valence-electron chi connectivity index (χ1n) is 3.26. The largest absolute Gasteiger partial charge is 0.390 e. The number of aliphatic hydroxyl groups excluding tert-OH is 2. The minimum Gasteiger partial charge on any atom is -0.390 e. The van der Waals surface area contributed by atoms with Crippen molar-refractivity contribution >= 4 is 0 Å². The van der Waals surface area contributed by atoms with Crippen LogP contribution in [0.5, 0.6) is 0 Å². The zero-order valence-electron chi connectivity index (χ0n) is 5.86. The fourth-order valence-electron chi connectivity index (χ4n) is 0.963. The predicted octanol–water partition coefficient (Wildman–Crippen LogP) is -0.899. The molecule has 1 aliphatic rings. The average molecular weight is 148 g/mol. The maximum Gasteiger partial charge on any atom is 0.185 e. The predicted molar refractivity (Wildman–Crippen MR) is 33.4 cm³/mol. The summed E-state index contributed by atoms with van der Waals surface area (Å²) in [5.74, 6) is 0. The van der Waals surface area contributed by atoms with Crippen LogP contribution in [0.1, 0.15) is 6.42 Å². The maximum atomic E-state index is 9.14. The molecule has 60 valence electrons. The van der Waals surface area contributed by atoms with Gasteiger partial charge in [-0.2, -0.15) is 0 Å². The fraction of sp³-hybridized carbons (Fsp3) is 1.00. The smallest absolute Gasteiger partial charge is 0.185 e. The third-order valence-electron chi connectivity index (χ3n) is 1.60. The van der Waals surface area contributed by atoms with Crippen LogP contribution in [0.15, 0.2) is 0 Å². The highest BCUT2D eigenvalue weighted by Crippen LogP contribution is 2.14. The van der Waals surface area contributed by atoms with Gasteiger partial charge in [-0.3, -0.25) is 0 Å². The van der Waals surface area contributed by atoms with Crippen LogP contribution in [-0.4, -0.2) is 42.4 Å². The fourth-order valence-corrected chi connectivity index (χ4v) is 0.963. The van der Waals surface area contributed by atoms with Gasteiger partial charge in [-0.05, 0) is 6.42 Å². The Morgan fingerprint density at radius 1 is 1.50 bits per heavy atom. The topological polar surface area (TPSA) is 58.9 Å². The van der Waals surface area contributed by atoms with Gasteiger partial charge in [0.25, 0.3) is 0 Å². The summed E-state index contributed by atoms with van der Waals surface area (Å²) in [6.07, 6.45) is -1.80. The molecular weight excluding hydrogens is 136 g/mol. The monoisotopic (exact) mass is 148 g/mol. The first-order chi connectivity index (χ1) is 4.75. The Kier molecular flexibility index (Phi) is 2.62. The quantitative estimate of drug-likeness (QED) is 0.506. The number of methoxy groups -OCH3 is 1. The molecule has 0 amide bonds. The lowest BCUT2D eigenvalue weighted by molar-refractivity contribution is -0.232.